The van der Waals surface area contributed by atoms with Crippen LogP contribution in [0.15, 0.2) is 0 Å². The van der Waals surface area contributed by atoms with Crippen molar-refractivity contribution in [1.82, 2.24) is 39.9 Å². The third-order valence-electron chi connectivity index (χ3n) is 8.68. The fraction of sp³-hybridized carbons (Fsp3) is 0. The molecule has 2 aliphatic heterocycles. The van der Waals surface area contributed by atoms with Crippen molar-refractivity contribution < 1.29 is 17.1 Å². The molecule has 9 rings (SSSR count). The van der Waals surface area contributed by atoms with Gasteiger partial charge in [0.1, 0.15) is 22.6 Å². The molecule has 0 aliphatic carbocycles. The molecular weight excluding hydrogens is 1120 g/mol. The summed E-state index contributed by atoms with van der Waals surface area (Å²) in [6.45, 7) is 0. The van der Waals surface area contributed by atoms with Gasteiger partial charge >= 0.3 is 0 Å². The maximum Gasteiger partial charge on any atom is 0.166 e. The van der Waals surface area contributed by atoms with E-state index >= 15 is 0 Å². The largest absolute Gasteiger partial charge is 0.324 e. The fourth-order valence-corrected chi connectivity index (χ4v) is 10.3. The van der Waals surface area contributed by atoms with Crippen molar-refractivity contribution in [3.8, 4) is 45.6 Å². The van der Waals surface area contributed by atoms with Crippen molar-refractivity contribution in [3.63, 3.8) is 0 Å². The number of nitrogens with one attached hydrogen (secondary N) is 2. The van der Waals surface area contributed by atoms with Crippen molar-refractivity contribution in [1.29, 1.82) is 0 Å². The van der Waals surface area contributed by atoms with Crippen LogP contribution in [0.2, 0.25) is 80.4 Å². The average Bonchev–Trinajstić information content (AvgIpc) is 3.92. The van der Waals surface area contributed by atoms with Crippen LogP contribution < -0.4 is 0 Å². The van der Waals surface area contributed by atoms with Gasteiger partial charge in [0.15, 0.2) is 23.3 Å². The number of benzene rings is 4. The van der Waals surface area contributed by atoms with E-state index in [0.717, 1.165) is 0 Å². The second-order valence-electron chi connectivity index (χ2n) is 11.6. The van der Waals surface area contributed by atoms with E-state index in [2.05, 4.69) is 9.97 Å². The smallest absolute Gasteiger partial charge is 0.166 e. The summed E-state index contributed by atoms with van der Waals surface area (Å²) in [4.78, 5) is 34.9. The van der Waals surface area contributed by atoms with Gasteiger partial charge in [-0.1, -0.05) is 186 Å². The Morgan fingerprint density at radius 3 is 0.596 bits per heavy atom. The number of aromatic amines is 2. The fourth-order valence-electron chi connectivity index (χ4n) is 6.24. The minimum atomic E-state index is -0.0863. The van der Waals surface area contributed by atoms with Gasteiger partial charge < -0.3 is 9.97 Å². The standard InChI is InChI=1S/C32H2Cl16N8.Mn/c33-9-1-2(10(34)18(42)17(9)41)26-49-25(1)53-27-3-4(12(36)20(44)19(43)11(3)35)29(50-27)55-31-7-8(16(40)24(48)23(47)15(7)39)32(52-31)56-30-6-5(28(51-30)54-26)13(37)21(45)22(46)14(6)38;/h(H2,49,50,51,52,53,54,55,56);. The van der Waals surface area contributed by atoms with Crippen molar-refractivity contribution >= 4 is 230 Å². The van der Waals surface area contributed by atoms with Crippen molar-refractivity contribution in [2.45, 2.75) is 0 Å². The van der Waals surface area contributed by atoms with Crippen LogP contribution in [0.1, 0.15) is 0 Å². The molecule has 3 aromatic heterocycles. The molecule has 0 saturated heterocycles. The predicted octanol–water partition coefficient (Wildman–Crippen LogP) is 17.3. The third kappa shape index (κ3) is 6.22. The number of halogens is 16. The Kier molecular flexibility index (Phi) is 11.6. The Hall–Kier alpha value is -0.601. The second kappa shape index (κ2) is 15.3. The Bertz CT molecular complexity index is 2820. The number of H-pyrrole nitrogens is 2. The summed E-state index contributed by atoms with van der Waals surface area (Å²) in [6, 6.07) is 0. The van der Waals surface area contributed by atoms with E-state index in [4.69, 9.17) is 216 Å². The zero-order chi connectivity index (χ0) is 40.1. The topological polar surface area (TPSA) is 109 Å². The Morgan fingerprint density at radius 2 is 0.404 bits per heavy atom. The molecule has 289 valence electrons. The van der Waals surface area contributed by atoms with E-state index in [1.807, 2.05) is 0 Å². The molecule has 0 spiro atoms. The van der Waals surface area contributed by atoms with Crippen molar-refractivity contribution in [3.05, 3.63) is 80.4 Å². The molecular formula is C32H2Cl16MnN8. The zero-order valence-corrected chi connectivity index (χ0v) is 39.4. The van der Waals surface area contributed by atoms with Crippen LogP contribution in [0.25, 0.3) is 89.7 Å². The number of aromatic nitrogens is 8. The Morgan fingerprint density at radius 1 is 0.228 bits per heavy atom. The van der Waals surface area contributed by atoms with Crippen LogP contribution in [-0.4, -0.2) is 39.9 Å². The number of nitrogens with zero attached hydrogens (tertiary/aromatic N) is 6. The van der Waals surface area contributed by atoms with E-state index in [0.29, 0.717) is 0 Å². The number of rotatable bonds is 0. The molecule has 8 nitrogen and oxygen atoms in total. The molecule has 4 aromatic carbocycles. The third-order valence-corrected chi connectivity index (χ3v) is 15.9. The van der Waals surface area contributed by atoms with Gasteiger partial charge in [-0.15, -0.1) is 0 Å². The molecule has 25 heteroatoms. The van der Waals surface area contributed by atoms with Crippen LogP contribution in [0.3, 0.4) is 0 Å². The molecule has 2 N–H and O–H groups in total. The summed E-state index contributed by atoms with van der Waals surface area (Å²) in [5.41, 5.74) is 0.666. The predicted molar refractivity (Wildman–Crippen MR) is 236 cm³/mol. The molecule has 0 fully saturated rings. The quantitative estimate of drug-likeness (QED) is 0.0889. The van der Waals surface area contributed by atoms with Gasteiger partial charge in [0.2, 0.25) is 0 Å². The molecule has 2 aliphatic rings. The van der Waals surface area contributed by atoms with E-state index < -0.39 is 0 Å². The van der Waals surface area contributed by atoms with Gasteiger partial charge in [-0.2, -0.15) is 0 Å². The maximum absolute atomic E-state index is 6.84. The Balaban J connectivity index is 0.00000455. The van der Waals surface area contributed by atoms with E-state index in [1.54, 1.807) is 0 Å². The van der Waals surface area contributed by atoms with Crippen LogP contribution in [0.5, 0.6) is 0 Å². The summed E-state index contributed by atoms with van der Waals surface area (Å²) in [5.74, 6) is -0.257. The first kappa shape index (κ1) is 43.1. The molecule has 57 heavy (non-hydrogen) atoms. The first-order valence-electron chi connectivity index (χ1n) is 14.7. The van der Waals surface area contributed by atoms with Gasteiger partial charge in [-0.05, 0) is 0 Å². The van der Waals surface area contributed by atoms with Gasteiger partial charge in [0.05, 0.1) is 124 Å². The summed E-state index contributed by atoms with van der Waals surface area (Å²) in [7, 11) is 0. The minimum Gasteiger partial charge on any atom is -0.324 e. The van der Waals surface area contributed by atoms with Crippen LogP contribution in [-0.2, 0) is 17.1 Å². The van der Waals surface area contributed by atoms with E-state index in [9.17, 15) is 0 Å². The van der Waals surface area contributed by atoms with Crippen LogP contribution in [0.4, 0.5) is 0 Å². The maximum atomic E-state index is 6.84. The average molecular weight is 1120 g/mol. The first-order valence-corrected chi connectivity index (χ1v) is 20.8. The molecule has 7 aromatic rings. The van der Waals surface area contributed by atoms with Gasteiger partial charge in [-0.3, -0.25) is 0 Å². The molecule has 8 bridgehead atoms. The summed E-state index contributed by atoms with van der Waals surface area (Å²) >= 11 is 107. The minimum absolute atomic E-state index is 0. The van der Waals surface area contributed by atoms with Gasteiger partial charge in [0.25, 0.3) is 0 Å². The van der Waals surface area contributed by atoms with Crippen molar-refractivity contribution in [2.75, 3.05) is 0 Å². The summed E-state index contributed by atoms with van der Waals surface area (Å²) < 4.78 is 0. The molecule has 0 amide bonds. The molecule has 0 atom stereocenters. The number of hydrogen-bond donors (Lipinski definition) is 2. The van der Waals surface area contributed by atoms with E-state index in [-0.39, 0.29) is 187 Å². The molecule has 0 saturated carbocycles. The Labute approximate surface area is 408 Å². The zero-order valence-electron chi connectivity index (χ0n) is 26.1. The second-order valence-corrected chi connectivity index (χ2v) is 17.7. The van der Waals surface area contributed by atoms with Crippen LogP contribution >= 0.6 is 186 Å². The SMILES string of the molecule is Clc1c(Cl)c(Cl)c2c(c1Cl)-c1nc-2nc2[nH]c(nc3nc(nc4[nH]c(n1)c1c(Cl)c(Cl)c(Cl)c(Cl)c41)-c1c(Cl)c(Cl)c(Cl)c(Cl)c1-3)c1c(Cl)c(Cl)c(Cl)c(Cl)c21.[Mn]. The number of fused-ring (bicyclic) bond motifs is 20. The molecule has 5 heterocycles. The van der Waals surface area contributed by atoms with Crippen LogP contribution in [0, 0.1) is 0 Å². The molecule has 1 radical (unpaired) electrons. The molecule has 0 unspecified atom stereocenters. The normalized spacial score (nSPS) is 12.1. The first-order chi connectivity index (χ1) is 26.4. The van der Waals surface area contributed by atoms with E-state index in [1.165, 1.54) is 0 Å². The number of hydrogen-bond acceptors (Lipinski definition) is 6. The summed E-state index contributed by atoms with van der Waals surface area (Å²) in [6.07, 6.45) is 0. The van der Waals surface area contributed by atoms with Crippen molar-refractivity contribution in [2.24, 2.45) is 0 Å². The van der Waals surface area contributed by atoms with Gasteiger partial charge in [-0.25, -0.2) is 29.9 Å². The van der Waals surface area contributed by atoms with Gasteiger partial charge in [0, 0.05) is 17.1 Å². The monoisotopic (exact) mass is 1110 g/mol. The summed E-state index contributed by atoms with van der Waals surface area (Å²) in [5, 5.41) is -0.398.